The van der Waals surface area contributed by atoms with Gasteiger partial charge in [0.2, 0.25) is 0 Å². The van der Waals surface area contributed by atoms with Crippen molar-refractivity contribution in [1.29, 1.82) is 0 Å². The Morgan fingerprint density at radius 1 is 1.15 bits per heavy atom. The molecule has 0 aliphatic heterocycles. The number of ether oxygens (including phenoxy) is 1. The first-order valence-corrected chi connectivity index (χ1v) is 7.44. The van der Waals surface area contributed by atoms with Crippen molar-refractivity contribution in [2.45, 2.75) is 53.7 Å². The van der Waals surface area contributed by atoms with Gasteiger partial charge in [-0.05, 0) is 48.3 Å². The minimum absolute atomic E-state index is 0.163. The van der Waals surface area contributed by atoms with E-state index < -0.39 is 0 Å². The fourth-order valence-corrected chi connectivity index (χ4v) is 3.52. The number of hydrogen-bond donors (Lipinski definition) is 2. The van der Waals surface area contributed by atoms with Crippen LogP contribution in [0.15, 0.2) is 24.3 Å². The van der Waals surface area contributed by atoms with Gasteiger partial charge < -0.3 is 4.74 Å². The normalized spacial score (nSPS) is 21.8. The summed E-state index contributed by atoms with van der Waals surface area (Å²) in [4.78, 5) is 0. The van der Waals surface area contributed by atoms with Crippen LogP contribution in [-0.2, 0) is 0 Å². The van der Waals surface area contributed by atoms with Crippen LogP contribution < -0.4 is 16.0 Å². The second-order valence-electron chi connectivity index (χ2n) is 7.30. The SMILES string of the molecule is CC(C)Oc1cccc(C(NN)C2C(C)(C)C2(C)C)c1. The number of hydrogen-bond acceptors (Lipinski definition) is 3. The van der Waals surface area contributed by atoms with Crippen LogP contribution in [0.2, 0.25) is 0 Å². The molecule has 1 aliphatic rings. The maximum Gasteiger partial charge on any atom is 0.120 e. The maximum atomic E-state index is 5.85. The van der Waals surface area contributed by atoms with E-state index in [4.69, 9.17) is 10.6 Å². The molecule has 1 fully saturated rings. The molecule has 0 spiro atoms. The molecule has 1 saturated carbocycles. The minimum atomic E-state index is 0.163. The van der Waals surface area contributed by atoms with Crippen LogP contribution in [0.4, 0.5) is 0 Å². The molecule has 1 aromatic rings. The summed E-state index contributed by atoms with van der Waals surface area (Å²) in [5, 5.41) is 0. The van der Waals surface area contributed by atoms with E-state index in [9.17, 15) is 0 Å². The van der Waals surface area contributed by atoms with Crippen LogP contribution in [0.3, 0.4) is 0 Å². The first kappa shape index (κ1) is 15.3. The van der Waals surface area contributed by atoms with Gasteiger partial charge in [0.1, 0.15) is 5.75 Å². The lowest BCUT2D eigenvalue weighted by molar-refractivity contribution is 0.241. The van der Waals surface area contributed by atoms with Crippen molar-refractivity contribution in [3.8, 4) is 5.75 Å². The Labute approximate surface area is 122 Å². The van der Waals surface area contributed by atoms with Gasteiger partial charge in [-0.3, -0.25) is 11.3 Å². The Hall–Kier alpha value is -1.06. The van der Waals surface area contributed by atoms with E-state index in [2.05, 4.69) is 45.3 Å². The molecule has 1 aliphatic carbocycles. The zero-order valence-electron chi connectivity index (χ0n) is 13.5. The predicted octanol–water partition coefficient (Wildman–Crippen LogP) is 3.66. The largest absolute Gasteiger partial charge is 0.491 e. The highest BCUT2D eigenvalue weighted by Crippen LogP contribution is 2.72. The van der Waals surface area contributed by atoms with Crippen LogP contribution in [0.1, 0.15) is 53.1 Å². The molecule has 1 atom stereocenters. The van der Waals surface area contributed by atoms with Crippen LogP contribution >= 0.6 is 0 Å². The Morgan fingerprint density at radius 3 is 2.20 bits per heavy atom. The van der Waals surface area contributed by atoms with E-state index in [1.807, 2.05) is 26.0 Å². The molecule has 0 aromatic heterocycles. The summed E-state index contributed by atoms with van der Waals surface area (Å²) in [5.41, 5.74) is 4.80. The van der Waals surface area contributed by atoms with E-state index in [1.54, 1.807) is 0 Å². The fraction of sp³-hybridized carbons (Fsp3) is 0.647. The molecule has 3 nitrogen and oxygen atoms in total. The number of nitrogens with two attached hydrogens (primary N) is 1. The molecule has 0 heterocycles. The highest BCUT2D eigenvalue weighted by Gasteiger charge is 2.67. The lowest BCUT2D eigenvalue weighted by atomic mass is 9.97. The molecule has 3 heteroatoms. The number of nitrogens with one attached hydrogen (secondary N) is 1. The molecular formula is C17H28N2O. The molecule has 0 saturated heterocycles. The summed E-state index contributed by atoms with van der Waals surface area (Å²) in [6.45, 7) is 13.3. The lowest BCUT2D eigenvalue weighted by Gasteiger charge is -2.20. The van der Waals surface area contributed by atoms with E-state index in [1.165, 1.54) is 5.56 Å². The second-order valence-corrected chi connectivity index (χ2v) is 7.30. The van der Waals surface area contributed by atoms with Gasteiger partial charge in [0.15, 0.2) is 0 Å². The smallest absolute Gasteiger partial charge is 0.120 e. The molecule has 0 amide bonds. The first-order valence-electron chi connectivity index (χ1n) is 7.44. The van der Waals surface area contributed by atoms with Crippen LogP contribution in [0.25, 0.3) is 0 Å². The summed E-state index contributed by atoms with van der Waals surface area (Å²) in [6, 6.07) is 8.44. The van der Waals surface area contributed by atoms with Gasteiger partial charge in [-0.15, -0.1) is 0 Å². The molecule has 0 bridgehead atoms. The fourth-order valence-electron chi connectivity index (χ4n) is 3.52. The van der Waals surface area contributed by atoms with Gasteiger partial charge in [-0.25, -0.2) is 0 Å². The van der Waals surface area contributed by atoms with Gasteiger partial charge >= 0.3 is 0 Å². The standard InChI is InChI=1S/C17H28N2O/c1-11(2)20-13-9-7-8-12(10-13)14(19-18)15-16(3,4)17(15,5)6/h7-11,14-15,19H,18H2,1-6H3. The predicted molar refractivity (Wildman–Crippen MR) is 83.3 cm³/mol. The highest BCUT2D eigenvalue weighted by atomic mass is 16.5. The van der Waals surface area contributed by atoms with Gasteiger partial charge in [0, 0.05) is 6.04 Å². The van der Waals surface area contributed by atoms with Crippen molar-refractivity contribution < 1.29 is 4.74 Å². The van der Waals surface area contributed by atoms with Crippen molar-refractivity contribution in [2.24, 2.45) is 22.6 Å². The summed E-state index contributed by atoms with van der Waals surface area (Å²) in [7, 11) is 0. The van der Waals surface area contributed by atoms with Crippen molar-refractivity contribution in [2.75, 3.05) is 0 Å². The third-order valence-electron chi connectivity index (χ3n) is 5.23. The zero-order chi connectivity index (χ0) is 15.1. The molecule has 2 rings (SSSR count). The first-order chi connectivity index (χ1) is 9.21. The number of rotatable bonds is 5. The zero-order valence-corrected chi connectivity index (χ0v) is 13.5. The van der Waals surface area contributed by atoms with Gasteiger partial charge in [-0.2, -0.15) is 0 Å². The Kier molecular flexibility index (Phi) is 3.87. The monoisotopic (exact) mass is 276 g/mol. The van der Waals surface area contributed by atoms with Crippen LogP contribution in [0.5, 0.6) is 5.75 Å². The van der Waals surface area contributed by atoms with Crippen LogP contribution in [0, 0.1) is 16.7 Å². The Balaban J connectivity index is 2.25. The lowest BCUT2D eigenvalue weighted by Crippen LogP contribution is -2.31. The summed E-state index contributed by atoms with van der Waals surface area (Å²) in [5.74, 6) is 7.28. The summed E-state index contributed by atoms with van der Waals surface area (Å²) in [6.07, 6.45) is 0.184. The van der Waals surface area contributed by atoms with E-state index >= 15 is 0 Å². The molecule has 0 radical (unpaired) electrons. The molecule has 1 aromatic carbocycles. The number of hydrazine groups is 1. The quantitative estimate of drug-likeness (QED) is 0.637. The van der Waals surface area contributed by atoms with E-state index in [0.29, 0.717) is 16.7 Å². The molecule has 3 N–H and O–H groups in total. The molecule has 1 unspecified atom stereocenters. The van der Waals surface area contributed by atoms with Gasteiger partial charge in [0.05, 0.1) is 6.10 Å². The molecule has 112 valence electrons. The van der Waals surface area contributed by atoms with Crippen molar-refractivity contribution >= 4 is 0 Å². The van der Waals surface area contributed by atoms with Gasteiger partial charge in [0.25, 0.3) is 0 Å². The third kappa shape index (κ3) is 2.45. The van der Waals surface area contributed by atoms with Gasteiger partial charge in [-0.1, -0.05) is 39.8 Å². The third-order valence-corrected chi connectivity index (χ3v) is 5.23. The summed E-state index contributed by atoms with van der Waals surface area (Å²) < 4.78 is 5.79. The van der Waals surface area contributed by atoms with Crippen molar-refractivity contribution in [1.82, 2.24) is 5.43 Å². The average Bonchev–Trinajstić information content (AvgIpc) is 2.73. The Bertz CT molecular complexity index is 466. The molecular weight excluding hydrogens is 248 g/mol. The topological polar surface area (TPSA) is 47.3 Å². The minimum Gasteiger partial charge on any atom is -0.491 e. The second kappa shape index (κ2) is 5.05. The number of benzene rings is 1. The maximum absolute atomic E-state index is 5.85. The highest BCUT2D eigenvalue weighted by molar-refractivity contribution is 5.34. The summed E-state index contributed by atoms with van der Waals surface area (Å²) >= 11 is 0. The molecule has 20 heavy (non-hydrogen) atoms. The van der Waals surface area contributed by atoms with Crippen molar-refractivity contribution in [3.05, 3.63) is 29.8 Å². The average molecular weight is 276 g/mol. The van der Waals surface area contributed by atoms with Crippen LogP contribution in [-0.4, -0.2) is 6.10 Å². The van der Waals surface area contributed by atoms with E-state index in [0.717, 1.165) is 5.75 Å². The van der Waals surface area contributed by atoms with E-state index in [-0.39, 0.29) is 12.1 Å². The van der Waals surface area contributed by atoms with Crippen molar-refractivity contribution in [3.63, 3.8) is 0 Å². The Morgan fingerprint density at radius 2 is 1.75 bits per heavy atom.